The van der Waals surface area contributed by atoms with Crippen LogP contribution in [0.2, 0.25) is 0 Å². The number of carbonyl (C=O) groups excluding carboxylic acids is 2. The number of nitrogens with one attached hydrogen (secondary N) is 2. The van der Waals surface area contributed by atoms with E-state index in [2.05, 4.69) is 10.6 Å². The second-order valence-corrected chi connectivity index (χ2v) is 6.28. The molecule has 20 heavy (non-hydrogen) atoms. The topological polar surface area (TPSA) is 61.4 Å². The predicted molar refractivity (Wildman–Crippen MR) is 78.2 cm³/mol. The van der Waals surface area contributed by atoms with E-state index in [1.54, 1.807) is 11.9 Å². The van der Waals surface area contributed by atoms with Gasteiger partial charge in [-0.2, -0.15) is 0 Å². The Bertz CT molecular complexity index is 347. The molecule has 0 spiro atoms. The van der Waals surface area contributed by atoms with Crippen molar-refractivity contribution in [2.45, 2.75) is 57.5 Å². The maximum Gasteiger partial charge on any atom is 0.239 e. The van der Waals surface area contributed by atoms with Gasteiger partial charge in [-0.3, -0.25) is 9.59 Å². The van der Waals surface area contributed by atoms with Crippen molar-refractivity contribution in [3.63, 3.8) is 0 Å². The molecule has 2 aliphatic heterocycles. The highest BCUT2D eigenvalue weighted by molar-refractivity contribution is 5.84. The summed E-state index contributed by atoms with van der Waals surface area (Å²) in [6, 6.07) is 1.23. The van der Waals surface area contributed by atoms with Crippen LogP contribution >= 0.6 is 0 Å². The average molecular weight is 281 g/mol. The number of fused-ring (bicyclic) bond motifs is 2. The molecule has 2 fully saturated rings. The summed E-state index contributed by atoms with van der Waals surface area (Å²) in [4.78, 5) is 25.4. The van der Waals surface area contributed by atoms with Crippen LogP contribution in [0.15, 0.2) is 0 Å². The maximum atomic E-state index is 12.2. The summed E-state index contributed by atoms with van der Waals surface area (Å²) < 4.78 is 0. The molecule has 0 aliphatic carbocycles. The molecule has 5 nitrogen and oxygen atoms in total. The smallest absolute Gasteiger partial charge is 0.239 e. The molecule has 2 unspecified atom stereocenters. The number of rotatable bonds is 6. The molecule has 0 aromatic rings. The molecule has 0 aromatic carbocycles. The molecule has 2 N–H and O–H groups in total. The Kier molecular flexibility index (Phi) is 5.40. The van der Waals surface area contributed by atoms with Gasteiger partial charge in [0.25, 0.3) is 0 Å². The summed E-state index contributed by atoms with van der Waals surface area (Å²) in [6.45, 7) is 2.87. The van der Waals surface area contributed by atoms with E-state index in [-0.39, 0.29) is 18.4 Å². The van der Waals surface area contributed by atoms with Crippen LogP contribution in [0.3, 0.4) is 0 Å². The van der Waals surface area contributed by atoms with Gasteiger partial charge in [0.15, 0.2) is 0 Å². The molecule has 0 saturated carbocycles. The average Bonchev–Trinajstić information content (AvgIpc) is 2.75. The van der Waals surface area contributed by atoms with Gasteiger partial charge in [0.05, 0.1) is 6.54 Å². The molecule has 2 rings (SSSR count). The minimum absolute atomic E-state index is 0.0620. The third kappa shape index (κ3) is 4.20. The summed E-state index contributed by atoms with van der Waals surface area (Å²) in [5.41, 5.74) is 0. The summed E-state index contributed by atoms with van der Waals surface area (Å²) >= 11 is 0. The van der Waals surface area contributed by atoms with Crippen LogP contribution in [0.1, 0.15) is 45.4 Å². The Labute approximate surface area is 121 Å². The zero-order valence-electron chi connectivity index (χ0n) is 12.7. The fourth-order valence-corrected chi connectivity index (χ4v) is 3.37. The fourth-order valence-electron chi connectivity index (χ4n) is 3.37. The fraction of sp³-hybridized carbons (Fsp3) is 0.867. The first kappa shape index (κ1) is 15.3. The third-order valence-electron chi connectivity index (χ3n) is 4.41. The molecule has 0 aromatic heterocycles. The molecule has 0 radical (unpaired) electrons. The minimum atomic E-state index is -0.0620. The first-order valence-electron chi connectivity index (χ1n) is 7.85. The van der Waals surface area contributed by atoms with Crippen molar-refractivity contribution in [2.75, 3.05) is 20.1 Å². The van der Waals surface area contributed by atoms with Gasteiger partial charge in [0, 0.05) is 32.1 Å². The lowest BCUT2D eigenvalue weighted by molar-refractivity contribution is -0.135. The number of amides is 2. The van der Waals surface area contributed by atoms with Crippen molar-refractivity contribution in [3.05, 3.63) is 0 Å². The Morgan fingerprint density at radius 1 is 1.25 bits per heavy atom. The number of hydrogen-bond donors (Lipinski definition) is 2. The monoisotopic (exact) mass is 281 g/mol. The lowest BCUT2D eigenvalue weighted by Crippen LogP contribution is -2.42. The SMILES string of the molecule is CCCNC(=O)CN(C)C(=O)CC1CC2CCC(C1)N2. The second-order valence-electron chi connectivity index (χ2n) is 6.28. The maximum absolute atomic E-state index is 12.2. The van der Waals surface area contributed by atoms with E-state index in [0.717, 1.165) is 19.3 Å². The zero-order chi connectivity index (χ0) is 14.5. The van der Waals surface area contributed by atoms with Crippen LogP contribution in [-0.4, -0.2) is 48.9 Å². The van der Waals surface area contributed by atoms with Crippen molar-refractivity contribution >= 4 is 11.8 Å². The van der Waals surface area contributed by atoms with Gasteiger partial charge < -0.3 is 15.5 Å². The highest BCUT2D eigenvalue weighted by Crippen LogP contribution is 2.32. The lowest BCUT2D eigenvalue weighted by Gasteiger charge is -2.29. The molecule has 2 atom stereocenters. The Hall–Kier alpha value is -1.10. The number of carbonyl (C=O) groups is 2. The van der Waals surface area contributed by atoms with Crippen LogP contribution in [-0.2, 0) is 9.59 Å². The first-order valence-corrected chi connectivity index (χ1v) is 7.85. The van der Waals surface area contributed by atoms with Gasteiger partial charge in [-0.05, 0) is 38.0 Å². The van der Waals surface area contributed by atoms with Gasteiger partial charge in [-0.1, -0.05) is 6.92 Å². The van der Waals surface area contributed by atoms with Crippen molar-refractivity contribution in [1.29, 1.82) is 0 Å². The van der Waals surface area contributed by atoms with Crippen LogP contribution < -0.4 is 10.6 Å². The van der Waals surface area contributed by atoms with E-state index in [4.69, 9.17) is 0 Å². The standard InChI is InChI=1S/C15H27N3O2/c1-3-6-16-14(19)10-18(2)15(20)9-11-7-12-4-5-13(8-11)17-12/h11-13,17H,3-10H2,1-2H3,(H,16,19). The molecule has 5 heteroatoms. The van der Waals surface area contributed by atoms with Crippen LogP contribution in [0.5, 0.6) is 0 Å². The van der Waals surface area contributed by atoms with Crippen LogP contribution in [0.4, 0.5) is 0 Å². The molecule has 2 heterocycles. The predicted octanol–water partition coefficient (Wildman–Crippen LogP) is 0.892. The van der Waals surface area contributed by atoms with Crippen LogP contribution in [0, 0.1) is 5.92 Å². The summed E-state index contributed by atoms with van der Waals surface area (Å²) in [7, 11) is 1.73. The van der Waals surface area contributed by atoms with E-state index in [0.29, 0.717) is 31.0 Å². The number of piperidine rings is 1. The van der Waals surface area contributed by atoms with E-state index in [9.17, 15) is 9.59 Å². The molecule has 2 bridgehead atoms. The first-order chi connectivity index (χ1) is 9.58. The van der Waals surface area contributed by atoms with Gasteiger partial charge in [-0.15, -0.1) is 0 Å². The lowest BCUT2D eigenvalue weighted by atomic mass is 9.89. The van der Waals surface area contributed by atoms with E-state index in [1.807, 2.05) is 6.92 Å². The highest BCUT2D eigenvalue weighted by atomic mass is 16.2. The zero-order valence-corrected chi connectivity index (χ0v) is 12.7. The molecular formula is C15H27N3O2. The summed E-state index contributed by atoms with van der Waals surface area (Å²) in [5, 5.41) is 6.39. The molecule has 114 valence electrons. The van der Waals surface area contributed by atoms with Gasteiger partial charge >= 0.3 is 0 Å². The molecule has 2 saturated heterocycles. The number of likely N-dealkylation sites (N-methyl/N-ethyl adjacent to an activating group) is 1. The minimum Gasteiger partial charge on any atom is -0.355 e. The Morgan fingerprint density at radius 3 is 2.50 bits per heavy atom. The second kappa shape index (κ2) is 7.07. The highest BCUT2D eigenvalue weighted by Gasteiger charge is 2.34. The van der Waals surface area contributed by atoms with E-state index >= 15 is 0 Å². The number of hydrogen-bond acceptors (Lipinski definition) is 3. The van der Waals surface area contributed by atoms with Crippen molar-refractivity contribution in [3.8, 4) is 0 Å². The Morgan fingerprint density at radius 2 is 1.90 bits per heavy atom. The van der Waals surface area contributed by atoms with Gasteiger partial charge in [0.2, 0.25) is 11.8 Å². The Balaban J connectivity index is 1.72. The normalized spacial score (nSPS) is 28.2. The van der Waals surface area contributed by atoms with Crippen molar-refractivity contribution in [2.24, 2.45) is 5.92 Å². The third-order valence-corrected chi connectivity index (χ3v) is 4.41. The largest absolute Gasteiger partial charge is 0.355 e. The van der Waals surface area contributed by atoms with Crippen molar-refractivity contribution < 1.29 is 9.59 Å². The van der Waals surface area contributed by atoms with Gasteiger partial charge in [0.1, 0.15) is 0 Å². The number of nitrogens with zero attached hydrogens (tertiary/aromatic N) is 1. The van der Waals surface area contributed by atoms with Gasteiger partial charge in [-0.25, -0.2) is 0 Å². The molecule has 2 amide bonds. The van der Waals surface area contributed by atoms with Crippen molar-refractivity contribution in [1.82, 2.24) is 15.5 Å². The van der Waals surface area contributed by atoms with E-state index < -0.39 is 0 Å². The summed E-state index contributed by atoms with van der Waals surface area (Å²) in [6.07, 6.45) is 6.24. The summed E-state index contributed by atoms with van der Waals surface area (Å²) in [5.74, 6) is 0.526. The molecular weight excluding hydrogens is 254 g/mol. The quantitative estimate of drug-likeness (QED) is 0.760. The molecule has 2 aliphatic rings. The van der Waals surface area contributed by atoms with Crippen LogP contribution in [0.25, 0.3) is 0 Å². The van der Waals surface area contributed by atoms with E-state index in [1.165, 1.54) is 12.8 Å².